The van der Waals surface area contributed by atoms with Crippen molar-refractivity contribution in [2.75, 3.05) is 13.1 Å². The molecule has 1 atom stereocenters. The van der Waals surface area contributed by atoms with Crippen LogP contribution in [0.1, 0.15) is 35.4 Å². The number of hydrogen-bond donors (Lipinski definition) is 1. The van der Waals surface area contributed by atoms with Gasteiger partial charge >= 0.3 is 0 Å². The average Bonchev–Trinajstić information content (AvgIpc) is 3.20. The van der Waals surface area contributed by atoms with Crippen molar-refractivity contribution in [2.45, 2.75) is 39.2 Å². The molecule has 130 valence electrons. The van der Waals surface area contributed by atoms with Crippen LogP contribution in [-0.2, 0) is 11.2 Å². The largest absolute Gasteiger partial charge is 0.472 e. The lowest BCUT2D eigenvalue weighted by molar-refractivity contribution is -0.130. The Bertz CT molecular complexity index is 789. The smallest absolute Gasteiger partial charge is 0.223 e. The van der Waals surface area contributed by atoms with Gasteiger partial charge in [0.1, 0.15) is 6.10 Å². The number of hydrogen-bond acceptors (Lipinski definition) is 5. The molecule has 1 aliphatic rings. The van der Waals surface area contributed by atoms with Crippen molar-refractivity contribution in [1.82, 2.24) is 20.1 Å². The van der Waals surface area contributed by atoms with Gasteiger partial charge in [0.05, 0.1) is 23.9 Å². The lowest BCUT2D eigenvalue weighted by atomic mass is 10.1. The summed E-state index contributed by atoms with van der Waals surface area (Å²) in [5.74, 6) is 0.563. The van der Waals surface area contributed by atoms with E-state index in [9.17, 15) is 4.79 Å². The molecule has 1 unspecified atom stereocenters. The molecule has 3 rings (SSSR count). The fraction of sp³-hybridized carbons (Fsp3) is 0.444. The van der Waals surface area contributed by atoms with Crippen LogP contribution in [0.5, 0.6) is 5.88 Å². The summed E-state index contributed by atoms with van der Waals surface area (Å²) in [6.45, 7) is 5.17. The van der Waals surface area contributed by atoms with Gasteiger partial charge in [-0.15, -0.1) is 0 Å². The van der Waals surface area contributed by atoms with Gasteiger partial charge in [0.25, 0.3) is 0 Å². The van der Waals surface area contributed by atoms with E-state index in [0.717, 1.165) is 23.4 Å². The molecule has 0 radical (unpaired) electrons. The third-order valence-electron chi connectivity index (χ3n) is 4.52. The lowest BCUT2D eigenvalue weighted by Gasteiger charge is -2.17. The number of amides is 1. The molecule has 7 heteroatoms. The van der Waals surface area contributed by atoms with Crippen LogP contribution < -0.4 is 4.74 Å². The Kier molecular flexibility index (Phi) is 4.98. The molecule has 1 amide bonds. The highest BCUT2D eigenvalue weighted by molar-refractivity contribution is 5.76. The number of aryl methyl sites for hydroxylation is 2. The maximum absolute atomic E-state index is 12.4. The first-order chi connectivity index (χ1) is 12.1. The van der Waals surface area contributed by atoms with Gasteiger partial charge in [-0.05, 0) is 31.9 Å². The first kappa shape index (κ1) is 17.0. The van der Waals surface area contributed by atoms with Crippen LogP contribution in [0.25, 0.3) is 0 Å². The maximum atomic E-state index is 12.4. The molecule has 0 aliphatic carbocycles. The Balaban J connectivity index is 1.52. The number of pyridine rings is 1. The molecule has 7 nitrogen and oxygen atoms in total. The minimum Gasteiger partial charge on any atom is -0.472 e. The summed E-state index contributed by atoms with van der Waals surface area (Å²) in [5, 5.41) is 16.0. The molecule has 1 aliphatic heterocycles. The Labute approximate surface area is 146 Å². The number of aromatic amines is 1. The van der Waals surface area contributed by atoms with E-state index in [1.54, 1.807) is 18.3 Å². The fourth-order valence-corrected chi connectivity index (χ4v) is 3.10. The first-order valence-corrected chi connectivity index (χ1v) is 8.38. The van der Waals surface area contributed by atoms with E-state index in [2.05, 4.69) is 21.3 Å². The molecule has 1 fully saturated rings. The van der Waals surface area contributed by atoms with E-state index in [-0.39, 0.29) is 12.0 Å². The Morgan fingerprint density at radius 3 is 3.08 bits per heavy atom. The number of carbonyl (C=O) groups is 1. The number of nitrogens with zero attached hydrogens (tertiary/aromatic N) is 4. The molecule has 3 heterocycles. The zero-order chi connectivity index (χ0) is 17.8. The second-order valence-electron chi connectivity index (χ2n) is 6.28. The molecule has 0 saturated carbocycles. The zero-order valence-electron chi connectivity index (χ0n) is 14.5. The topological polar surface area (TPSA) is 94.9 Å². The van der Waals surface area contributed by atoms with Crippen LogP contribution in [0.4, 0.5) is 0 Å². The summed E-state index contributed by atoms with van der Waals surface area (Å²) in [6, 6.07) is 5.32. The third kappa shape index (κ3) is 3.97. The number of rotatable bonds is 5. The molecule has 0 spiro atoms. The summed E-state index contributed by atoms with van der Waals surface area (Å²) in [5.41, 5.74) is 3.62. The van der Waals surface area contributed by atoms with Crippen molar-refractivity contribution >= 4 is 5.91 Å². The van der Waals surface area contributed by atoms with E-state index in [1.807, 2.05) is 18.7 Å². The highest BCUT2D eigenvalue weighted by Gasteiger charge is 2.28. The number of aromatic nitrogens is 3. The highest BCUT2D eigenvalue weighted by atomic mass is 16.5. The molecule has 2 aromatic rings. The van der Waals surface area contributed by atoms with Crippen molar-refractivity contribution in [3.63, 3.8) is 0 Å². The van der Waals surface area contributed by atoms with E-state index in [1.165, 1.54) is 0 Å². The van der Waals surface area contributed by atoms with Gasteiger partial charge in [0.15, 0.2) is 0 Å². The maximum Gasteiger partial charge on any atom is 0.223 e. The molecular formula is C18H21N5O2. The number of nitrogens with one attached hydrogen (secondary N) is 1. The van der Waals surface area contributed by atoms with Gasteiger partial charge in [-0.1, -0.05) is 0 Å². The zero-order valence-corrected chi connectivity index (χ0v) is 14.5. The number of ether oxygens (including phenoxy) is 1. The van der Waals surface area contributed by atoms with E-state index in [0.29, 0.717) is 37.4 Å². The molecule has 2 aromatic heterocycles. The minimum absolute atomic E-state index is 0.0807. The number of carbonyl (C=O) groups excluding carboxylic acids is 1. The predicted octanol–water partition coefficient (Wildman–Crippen LogP) is 1.91. The van der Waals surface area contributed by atoms with Gasteiger partial charge in [0, 0.05) is 37.3 Å². The van der Waals surface area contributed by atoms with Crippen LogP contribution in [0.3, 0.4) is 0 Å². The second-order valence-corrected chi connectivity index (χ2v) is 6.28. The first-order valence-electron chi connectivity index (χ1n) is 8.38. The Hall–Kier alpha value is -2.88. The SMILES string of the molecule is Cc1n[nH]c(C)c1CCC(=O)N1CCC(Oc2cc(C#N)ccn2)C1. The molecule has 25 heavy (non-hydrogen) atoms. The summed E-state index contributed by atoms with van der Waals surface area (Å²) in [6.07, 6.45) is 3.41. The summed E-state index contributed by atoms with van der Waals surface area (Å²) >= 11 is 0. The van der Waals surface area contributed by atoms with Gasteiger partial charge in [-0.3, -0.25) is 9.89 Å². The van der Waals surface area contributed by atoms with Crippen LogP contribution in [0.15, 0.2) is 18.3 Å². The van der Waals surface area contributed by atoms with Gasteiger partial charge < -0.3 is 9.64 Å². The molecule has 0 aromatic carbocycles. The van der Waals surface area contributed by atoms with Crippen LogP contribution in [0.2, 0.25) is 0 Å². The quantitative estimate of drug-likeness (QED) is 0.898. The molecule has 1 saturated heterocycles. The number of nitriles is 1. The number of likely N-dealkylation sites (tertiary alicyclic amines) is 1. The predicted molar refractivity (Wildman–Crippen MR) is 90.9 cm³/mol. The Morgan fingerprint density at radius 1 is 1.52 bits per heavy atom. The van der Waals surface area contributed by atoms with Crippen molar-refractivity contribution in [3.05, 3.63) is 40.8 Å². The van der Waals surface area contributed by atoms with E-state index in [4.69, 9.17) is 10.00 Å². The van der Waals surface area contributed by atoms with Crippen molar-refractivity contribution < 1.29 is 9.53 Å². The van der Waals surface area contributed by atoms with Gasteiger partial charge in [-0.25, -0.2) is 4.98 Å². The average molecular weight is 339 g/mol. The monoisotopic (exact) mass is 339 g/mol. The molecule has 0 bridgehead atoms. The second kappa shape index (κ2) is 7.34. The Morgan fingerprint density at radius 2 is 2.36 bits per heavy atom. The third-order valence-corrected chi connectivity index (χ3v) is 4.52. The summed E-state index contributed by atoms with van der Waals surface area (Å²) in [4.78, 5) is 18.4. The number of H-pyrrole nitrogens is 1. The van der Waals surface area contributed by atoms with Crippen molar-refractivity contribution in [1.29, 1.82) is 5.26 Å². The van der Waals surface area contributed by atoms with E-state index < -0.39 is 0 Å². The van der Waals surface area contributed by atoms with Crippen molar-refractivity contribution in [3.8, 4) is 11.9 Å². The minimum atomic E-state index is -0.0807. The van der Waals surface area contributed by atoms with E-state index >= 15 is 0 Å². The summed E-state index contributed by atoms with van der Waals surface area (Å²) in [7, 11) is 0. The summed E-state index contributed by atoms with van der Waals surface area (Å²) < 4.78 is 5.82. The highest BCUT2D eigenvalue weighted by Crippen LogP contribution is 2.19. The molecule has 1 N–H and O–H groups in total. The van der Waals surface area contributed by atoms with Crippen LogP contribution in [-0.4, -0.2) is 45.2 Å². The van der Waals surface area contributed by atoms with Crippen LogP contribution >= 0.6 is 0 Å². The fourth-order valence-electron chi connectivity index (χ4n) is 3.10. The van der Waals surface area contributed by atoms with Gasteiger partial charge in [0.2, 0.25) is 11.8 Å². The molecular weight excluding hydrogens is 318 g/mol. The van der Waals surface area contributed by atoms with Crippen molar-refractivity contribution in [2.24, 2.45) is 0 Å². The standard InChI is InChI=1S/C18H21N5O2/c1-12-16(13(2)22-21-12)3-4-18(24)23-8-6-15(11-23)25-17-9-14(10-19)5-7-20-17/h5,7,9,15H,3-4,6,8,11H2,1-2H3,(H,21,22). The normalized spacial score (nSPS) is 16.7. The lowest BCUT2D eigenvalue weighted by Crippen LogP contribution is -2.31. The van der Waals surface area contributed by atoms with Gasteiger partial charge in [-0.2, -0.15) is 10.4 Å². The van der Waals surface area contributed by atoms with Crippen LogP contribution in [0, 0.1) is 25.2 Å².